The van der Waals surface area contributed by atoms with Crippen molar-refractivity contribution in [3.63, 3.8) is 0 Å². The van der Waals surface area contributed by atoms with Gasteiger partial charge in [0.15, 0.2) is 0 Å². The standard InChI is InChI=1S/C20H20N4O3/c1-23-17(14-5-2-13(3-6-14)4-11-19(26)27)12-18(25)24(23)16-9-7-15(8-10-16)20(21)22/h2-3,5-10,12H,4,11H2,1H3,(H3,21,22)(H,26,27). The first-order chi connectivity index (χ1) is 12.9. The van der Waals surface area contributed by atoms with E-state index in [1.54, 1.807) is 42.1 Å². The summed E-state index contributed by atoms with van der Waals surface area (Å²) in [5.74, 6) is -0.848. The van der Waals surface area contributed by atoms with Gasteiger partial charge in [0.25, 0.3) is 5.56 Å². The van der Waals surface area contributed by atoms with Crippen molar-refractivity contribution in [3.8, 4) is 16.9 Å². The summed E-state index contributed by atoms with van der Waals surface area (Å²) in [7, 11) is 1.80. The number of nitrogens with one attached hydrogen (secondary N) is 1. The SMILES string of the molecule is Cn1c(-c2ccc(CCC(=O)O)cc2)cc(=O)n1-c1ccc(C(=N)N)cc1. The largest absolute Gasteiger partial charge is 0.481 e. The van der Waals surface area contributed by atoms with Crippen molar-refractivity contribution < 1.29 is 9.90 Å². The molecule has 0 bridgehead atoms. The summed E-state index contributed by atoms with van der Waals surface area (Å²) >= 11 is 0. The molecule has 1 heterocycles. The summed E-state index contributed by atoms with van der Waals surface area (Å²) in [6.45, 7) is 0. The van der Waals surface area contributed by atoms with Gasteiger partial charge < -0.3 is 10.8 Å². The Kier molecular flexibility index (Phi) is 4.94. The second-order valence-corrected chi connectivity index (χ2v) is 6.25. The van der Waals surface area contributed by atoms with Crippen LogP contribution in [0.2, 0.25) is 0 Å². The number of carbonyl (C=O) groups is 1. The van der Waals surface area contributed by atoms with E-state index in [1.165, 1.54) is 4.68 Å². The van der Waals surface area contributed by atoms with Crippen LogP contribution in [-0.4, -0.2) is 26.3 Å². The minimum atomic E-state index is -0.825. The molecule has 0 amide bonds. The average molecular weight is 364 g/mol. The molecule has 138 valence electrons. The molecule has 0 aliphatic rings. The number of aromatic nitrogens is 2. The van der Waals surface area contributed by atoms with Crippen LogP contribution in [-0.2, 0) is 18.3 Å². The smallest absolute Gasteiger partial charge is 0.303 e. The Morgan fingerprint density at radius 2 is 1.74 bits per heavy atom. The second kappa shape index (κ2) is 7.33. The Hall–Kier alpha value is -3.61. The average Bonchev–Trinajstić information content (AvgIpc) is 2.95. The number of nitrogens with zero attached hydrogens (tertiary/aromatic N) is 2. The molecule has 2 aromatic carbocycles. The van der Waals surface area contributed by atoms with Gasteiger partial charge in [0.1, 0.15) is 5.84 Å². The Balaban J connectivity index is 1.92. The highest BCUT2D eigenvalue weighted by molar-refractivity contribution is 5.95. The Labute approximate surface area is 155 Å². The molecule has 0 unspecified atom stereocenters. The van der Waals surface area contributed by atoms with Gasteiger partial charge in [-0.1, -0.05) is 24.3 Å². The monoisotopic (exact) mass is 364 g/mol. The predicted molar refractivity (Wildman–Crippen MR) is 103 cm³/mol. The minimum Gasteiger partial charge on any atom is -0.481 e. The van der Waals surface area contributed by atoms with Crippen molar-refractivity contribution in [2.45, 2.75) is 12.8 Å². The number of hydrogen-bond donors (Lipinski definition) is 3. The zero-order valence-corrected chi connectivity index (χ0v) is 14.8. The van der Waals surface area contributed by atoms with Gasteiger partial charge in [0.05, 0.1) is 11.4 Å². The fraction of sp³-hybridized carbons (Fsp3) is 0.150. The third kappa shape index (κ3) is 3.82. The number of benzene rings is 2. The third-order valence-electron chi connectivity index (χ3n) is 4.42. The van der Waals surface area contributed by atoms with Gasteiger partial charge >= 0.3 is 5.97 Å². The van der Waals surface area contributed by atoms with Crippen LogP contribution in [0.25, 0.3) is 16.9 Å². The maximum Gasteiger partial charge on any atom is 0.303 e. The van der Waals surface area contributed by atoms with Crippen LogP contribution < -0.4 is 11.3 Å². The topological polar surface area (TPSA) is 114 Å². The number of carboxylic acids is 1. The molecule has 7 heteroatoms. The molecule has 0 atom stereocenters. The summed E-state index contributed by atoms with van der Waals surface area (Å²) < 4.78 is 3.30. The van der Waals surface area contributed by atoms with E-state index < -0.39 is 5.97 Å². The number of hydrogen-bond acceptors (Lipinski definition) is 3. The van der Waals surface area contributed by atoms with Crippen LogP contribution in [0.1, 0.15) is 17.5 Å². The molecule has 3 rings (SSSR count). The first-order valence-electron chi connectivity index (χ1n) is 8.42. The number of amidine groups is 1. The fourth-order valence-electron chi connectivity index (χ4n) is 2.97. The molecule has 0 aliphatic heterocycles. The highest BCUT2D eigenvalue weighted by Gasteiger charge is 2.12. The third-order valence-corrected chi connectivity index (χ3v) is 4.42. The maximum atomic E-state index is 12.5. The molecule has 4 N–H and O–H groups in total. The molecule has 3 aromatic rings. The summed E-state index contributed by atoms with van der Waals surface area (Å²) in [6, 6.07) is 16.0. The van der Waals surface area contributed by atoms with E-state index in [2.05, 4.69) is 0 Å². The molecule has 0 radical (unpaired) electrons. The lowest BCUT2D eigenvalue weighted by Crippen LogP contribution is -2.19. The van der Waals surface area contributed by atoms with E-state index in [0.29, 0.717) is 17.7 Å². The van der Waals surface area contributed by atoms with Crippen LogP contribution in [0.3, 0.4) is 0 Å². The lowest BCUT2D eigenvalue weighted by atomic mass is 10.1. The van der Waals surface area contributed by atoms with Gasteiger partial charge in [-0.15, -0.1) is 0 Å². The van der Waals surface area contributed by atoms with E-state index in [1.807, 2.05) is 24.3 Å². The van der Waals surface area contributed by atoms with Crippen LogP contribution in [0, 0.1) is 5.41 Å². The van der Waals surface area contributed by atoms with Gasteiger partial charge in [-0.05, 0) is 41.8 Å². The van der Waals surface area contributed by atoms with E-state index in [4.69, 9.17) is 16.2 Å². The molecule has 0 saturated heterocycles. The predicted octanol–water partition coefficient (Wildman–Crippen LogP) is 2.14. The quantitative estimate of drug-likeness (QED) is 0.459. The number of nitrogen functional groups attached to an aromatic ring is 1. The normalized spacial score (nSPS) is 10.7. The summed E-state index contributed by atoms with van der Waals surface area (Å²) in [4.78, 5) is 23.2. The van der Waals surface area contributed by atoms with Crippen LogP contribution in [0.4, 0.5) is 0 Å². The second-order valence-electron chi connectivity index (χ2n) is 6.25. The van der Waals surface area contributed by atoms with Crippen LogP contribution in [0.15, 0.2) is 59.4 Å². The maximum absolute atomic E-state index is 12.5. The van der Waals surface area contributed by atoms with E-state index in [-0.39, 0.29) is 17.8 Å². The molecule has 1 aromatic heterocycles. The minimum absolute atomic E-state index is 0.0237. The Morgan fingerprint density at radius 1 is 1.11 bits per heavy atom. The number of aliphatic carboxylic acids is 1. The van der Waals surface area contributed by atoms with E-state index in [0.717, 1.165) is 16.8 Å². The highest BCUT2D eigenvalue weighted by Crippen LogP contribution is 2.20. The molecule has 0 aliphatic carbocycles. The highest BCUT2D eigenvalue weighted by atomic mass is 16.4. The summed E-state index contributed by atoms with van der Waals surface area (Å²) in [6.07, 6.45) is 0.558. The molecular weight excluding hydrogens is 344 g/mol. The lowest BCUT2D eigenvalue weighted by molar-refractivity contribution is -0.136. The first-order valence-corrected chi connectivity index (χ1v) is 8.42. The number of carboxylic acid groups (broad SMARTS) is 1. The van der Waals surface area contributed by atoms with Gasteiger partial charge in [0, 0.05) is 25.1 Å². The van der Waals surface area contributed by atoms with Gasteiger partial charge in [-0.3, -0.25) is 19.7 Å². The molecule has 27 heavy (non-hydrogen) atoms. The summed E-state index contributed by atoms with van der Waals surface area (Å²) in [5, 5.41) is 16.2. The lowest BCUT2D eigenvalue weighted by Gasteiger charge is -2.11. The van der Waals surface area contributed by atoms with Crippen molar-refractivity contribution in [1.82, 2.24) is 9.36 Å². The van der Waals surface area contributed by atoms with Crippen molar-refractivity contribution in [2.75, 3.05) is 0 Å². The van der Waals surface area contributed by atoms with Crippen molar-refractivity contribution in [1.29, 1.82) is 5.41 Å². The van der Waals surface area contributed by atoms with Crippen molar-refractivity contribution >= 4 is 11.8 Å². The van der Waals surface area contributed by atoms with Crippen molar-refractivity contribution in [3.05, 3.63) is 76.1 Å². The number of aryl methyl sites for hydroxylation is 1. The van der Waals surface area contributed by atoms with Gasteiger partial charge in [0.2, 0.25) is 0 Å². The van der Waals surface area contributed by atoms with Crippen LogP contribution >= 0.6 is 0 Å². The fourth-order valence-corrected chi connectivity index (χ4v) is 2.97. The molecule has 7 nitrogen and oxygen atoms in total. The first kappa shape index (κ1) is 18.2. The van der Waals surface area contributed by atoms with E-state index in [9.17, 15) is 9.59 Å². The molecular formula is C20H20N4O3. The van der Waals surface area contributed by atoms with Crippen molar-refractivity contribution in [2.24, 2.45) is 12.8 Å². The number of nitrogens with two attached hydrogens (primary N) is 1. The van der Waals surface area contributed by atoms with Crippen LogP contribution in [0.5, 0.6) is 0 Å². The zero-order chi connectivity index (χ0) is 19.6. The molecule has 0 spiro atoms. The van der Waals surface area contributed by atoms with Gasteiger partial charge in [-0.25, -0.2) is 4.68 Å². The van der Waals surface area contributed by atoms with E-state index >= 15 is 0 Å². The number of rotatable bonds is 6. The van der Waals surface area contributed by atoms with Gasteiger partial charge in [-0.2, -0.15) is 0 Å². The zero-order valence-electron chi connectivity index (χ0n) is 14.8. The molecule has 0 fully saturated rings. The molecule has 0 saturated carbocycles. The Morgan fingerprint density at radius 3 is 2.30 bits per heavy atom. The Bertz CT molecular complexity index is 1040. The summed E-state index contributed by atoms with van der Waals surface area (Å²) in [5.41, 5.74) is 9.13.